The molecule has 16 heavy (non-hydrogen) atoms. The maximum atomic E-state index is 3.87. The van der Waals surface area contributed by atoms with E-state index in [4.69, 9.17) is 0 Å². The third-order valence-corrected chi connectivity index (χ3v) is 3.06. The van der Waals surface area contributed by atoms with Crippen LogP contribution >= 0.6 is 0 Å². The van der Waals surface area contributed by atoms with Gasteiger partial charge in [-0.15, -0.1) is 0 Å². The Hall–Kier alpha value is -1.08. The molecule has 1 aliphatic rings. The van der Waals surface area contributed by atoms with Crippen molar-refractivity contribution in [2.24, 2.45) is 0 Å². The molecule has 1 fully saturated rings. The Labute approximate surface area is 99.8 Å². The first-order chi connectivity index (χ1) is 7.76. The Bertz CT molecular complexity index is 291. The average Bonchev–Trinajstić information content (AvgIpc) is 2.81. The van der Waals surface area contributed by atoms with Crippen molar-refractivity contribution in [3.8, 4) is 0 Å². The SMILES string of the molecule is C=CC(=C)/C=C\C(=C/C)CCN1CCCC1. The van der Waals surface area contributed by atoms with Crippen molar-refractivity contribution < 1.29 is 0 Å². The predicted octanol–water partition coefficient (Wildman–Crippen LogP) is 3.72. The number of likely N-dealkylation sites (tertiary alicyclic amines) is 1. The Balaban J connectivity index is 2.34. The summed E-state index contributed by atoms with van der Waals surface area (Å²) in [7, 11) is 0. The normalized spacial score (nSPS) is 18.2. The standard InChI is InChI=1S/C15H23N/c1-4-14(3)8-9-15(5-2)10-13-16-11-6-7-12-16/h4-5,8-9H,1,3,6-7,10-13H2,2H3/b9-8-,15-5+. The zero-order valence-corrected chi connectivity index (χ0v) is 10.4. The van der Waals surface area contributed by atoms with Crippen LogP contribution in [0.15, 0.2) is 48.6 Å². The second-order valence-corrected chi connectivity index (χ2v) is 4.27. The maximum absolute atomic E-state index is 3.87. The summed E-state index contributed by atoms with van der Waals surface area (Å²) in [5.41, 5.74) is 2.36. The second-order valence-electron chi connectivity index (χ2n) is 4.27. The fourth-order valence-corrected chi connectivity index (χ4v) is 1.90. The van der Waals surface area contributed by atoms with Crippen molar-refractivity contribution in [1.29, 1.82) is 0 Å². The third kappa shape index (κ3) is 4.63. The molecule has 1 nitrogen and oxygen atoms in total. The summed E-state index contributed by atoms with van der Waals surface area (Å²) < 4.78 is 0. The maximum Gasteiger partial charge on any atom is 0.00217 e. The molecule has 1 heteroatoms. The summed E-state index contributed by atoms with van der Waals surface area (Å²) in [5, 5.41) is 0. The van der Waals surface area contributed by atoms with E-state index in [0.717, 1.165) is 12.0 Å². The van der Waals surface area contributed by atoms with E-state index in [2.05, 4.69) is 37.1 Å². The summed E-state index contributed by atoms with van der Waals surface area (Å²) in [6.07, 6.45) is 12.0. The monoisotopic (exact) mass is 217 g/mol. The van der Waals surface area contributed by atoms with Crippen LogP contribution in [0.25, 0.3) is 0 Å². The van der Waals surface area contributed by atoms with Gasteiger partial charge in [-0.3, -0.25) is 0 Å². The van der Waals surface area contributed by atoms with Gasteiger partial charge in [0.15, 0.2) is 0 Å². The number of hydrogen-bond donors (Lipinski definition) is 0. The molecule has 1 rings (SSSR count). The average molecular weight is 217 g/mol. The van der Waals surface area contributed by atoms with Gasteiger partial charge in [-0.05, 0) is 44.8 Å². The lowest BCUT2D eigenvalue weighted by Gasteiger charge is -2.14. The van der Waals surface area contributed by atoms with Gasteiger partial charge in [-0.25, -0.2) is 0 Å². The quantitative estimate of drug-likeness (QED) is 0.613. The molecular weight excluding hydrogens is 194 g/mol. The minimum Gasteiger partial charge on any atom is -0.303 e. The Morgan fingerprint density at radius 3 is 2.50 bits per heavy atom. The van der Waals surface area contributed by atoms with Gasteiger partial charge in [0, 0.05) is 6.54 Å². The summed E-state index contributed by atoms with van der Waals surface area (Å²) in [6, 6.07) is 0. The van der Waals surface area contributed by atoms with E-state index in [0.29, 0.717) is 0 Å². The zero-order valence-electron chi connectivity index (χ0n) is 10.4. The molecule has 0 unspecified atom stereocenters. The van der Waals surface area contributed by atoms with Crippen molar-refractivity contribution in [3.63, 3.8) is 0 Å². The highest BCUT2D eigenvalue weighted by atomic mass is 15.1. The first-order valence-corrected chi connectivity index (χ1v) is 6.13. The van der Waals surface area contributed by atoms with Crippen molar-refractivity contribution in [3.05, 3.63) is 48.6 Å². The summed E-state index contributed by atoms with van der Waals surface area (Å²) in [6.45, 7) is 13.4. The third-order valence-electron chi connectivity index (χ3n) is 3.06. The van der Waals surface area contributed by atoms with Crippen molar-refractivity contribution in [2.45, 2.75) is 26.2 Å². The summed E-state index contributed by atoms with van der Waals surface area (Å²) >= 11 is 0. The van der Waals surface area contributed by atoms with Gasteiger partial charge in [0.25, 0.3) is 0 Å². The molecule has 1 saturated heterocycles. The van der Waals surface area contributed by atoms with E-state index in [-0.39, 0.29) is 0 Å². The number of hydrogen-bond acceptors (Lipinski definition) is 1. The van der Waals surface area contributed by atoms with E-state index in [1.165, 1.54) is 38.0 Å². The molecule has 0 bridgehead atoms. The molecule has 0 N–H and O–H groups in total. The highest BCUT2D eigenvalue weighted by Crippen LogP contribution is 2.12. The van der Waals surface area contributed by atoms with Crippen molar-refractivity contribution in [2.75, 3.05) is 19.6 Å². The van der Waals surface area contributed by atoms with Gasteiger partial charge >= 0.3 is 0 Å². The van der Waals surface area contributed by atoms with Crippen molar-refractivity contribution in [1.82, 2.24) is 4.90 Å². The first-order valence-electron chi connectivity index (χ1n) is 6.13. The van der Waals surface area contributed by atoms with Crippen LogP contribution in [-0.2, 0) is 0 Å². The van der Waals surface area contributed by atoms with E-state index >= 15 is 0 Å². The molecule has 0 amide bonds. The van der Waals surface area contributed by atoms with Crippen LogP contribution < -0.4 is 0 Å². The molecule has 0 spiro atoms. The number of rotatable bonds is 6. The molecule has 0 radical (unpaired) electrons. The molecule has 88 valence electrons. The largest absolute Gasteiger partial charge is 0.303 e. The van der Waals surface area contributed by atoms with Gasteiger partial charge in [0.2, 0.25) is 0 Å². The van der Waals surface area contributed by atoms with E-state index in [9.17, 15) is 0 Å². The van der Waals surface area contributed by atoms with Crippen LogP contribution in [0.2, 0.25) is 0 Å². The Morgan fingerprint density at radius 2 is 1.94 bits per heavy atom. The number of allylic oxidation sites excluding steroid dienone is 5. The molecular formula is C15H23N. The molecule has 0 atom stereocenters. The summed E-state index contributed by atoms with van der Waals surface area (Å²) in [4.78, 5) is 2.54. The van der Waals surface area contributed by atoms with Crippen LogP contribution in [0.1, 0.15) is 26.2 Å². The van der Waals surface area contributed by atoms with Crippen LogP contribution in [0, 0.1) is 0 Å². The van der Waals surface area contributed by atoms with E-state index < -0.39 is 0 Å². The van der Waals surface area contributed by atoms with Crippen molar-refractivity contribution >= 4 is 0 Å². The van der Waals surface area contributed by atoms with Gasteiger partial charge in [0.05, 0.1) is 0 Å². The topological polar surface area (TPSA) is 3.24 Å². The lowest BCUT2D eigenvalue weighted by Crippen LogP contribution is -2.20. The van der Waals surface area contributed by atoms with Gasteiger partial charge in [-0.2, -0.15) is 0 Å². The molecule has 0 aromatic heterocycles. The minimum atomic E-state index is 0.973. The summed E-state index contributed by atoms with van der Waals surface area (Å²) in [5.74, 6) is 0. The smallest absolute Gasteiger partial charge is 0.00217 e. The van der Waals surface area contributed by atoms with E-state index in [1.807, 2.05) is 6.08 Å². The number of nitrogens with zero attached hydrogens (tertiary/aromatic N) is 1. The molecule has 0 aromatic carbocycles. The lowest BCUT2D eigenvalue weighted by atomic mass is 10.1. The lowest BCUT2D eigenvalue weighted by molar-refractivity contribution is 0.344. The predicted molar refractivity (Wildman–Crippen MR) is 72.5 cm³/mol. The van der Waals surface area contributed by atoms with Crippen LogP contribution in [0.5, 0.6) is 0 Å². The highest BCUT2D eigenvalue weighted by molar-refractivity contribution is 5.31. The molecule has 0 aromatic rings. The van der Waals surface area contributed by atoms with Crippen LogP contribution in [0.3, 0.4) is 0 Å². The molecule has 0 aliphatic carbocycles. The zero-order chi connectivity index (χ0) is 11.8. The van der Waals surface area contributed by atoms with Gasteiger partial charge in [-0.1, -0.05) is 43.0 Å². The highest BCUT2D eigenvalue weighted by Gasteiger charge is 2.10. The van der Waals surface area contributed by atoms with Crippen LogP contribution in [-0.4, -0.2) is 24.5 Å². The Kier molecular flexibility index (Phi) is 5.87. The molecule has 0 saturated carbocycles. The minimum absolute atomic E-state index is 0.973. The Morgan fingerprint density at radius 1 is 1.25 bits per heavy atom. The van der Waals surface area contributed by atoms with Gasteiger partial charge in [0.1, 0.15) is 0 Å². The van der Waals surface area contributed by atoms with Crippen LogP contribution in [0.4, 0.5) is 0 Å². The first kappa shape index (κ1) is 13.0. The second kappa shape index (κ2) is 7.24. The van der Waals surface area contributed by atoms with Gasteiger partial charge < -0.3 is 4.90 Å². The fourth-order valence-electron chi connectivity index (χ4n) is 1.90. The fraction of sp³-hybridized carbons (Fsp3) is 0.467. The molecule has 1 aliphatic heterocycles. The van der Waals surface area contributed by atoms with E-state index in [1.54, 1.807) is 6.08 Å². The molecule has 1 heterocycles.